The monoisotopic (exact) mass is 348 g/mol. The van der Waals surface area contributed by atoms with Gasteiger partial charge in [0.05, 0.1) is 30.3 Å². The number of hydrogen-bond donors (Lipinski definition) is 3. The van der Waals surface area contributed by atoms with Crippen molar-refractivity contribution >= 4 is 11.7 Å². The first-order valence-electron chi connectivity index (χ1n) is 8.48. The Hall–Kier alpha value is -2.35. The number of anilines is 1. The molecule has 0 aromatic carbocycles. The minimum absolute atomic E-state index is 0.0745. The molecule has 1 unspecified atom stereocenters. The van der Waals surface area contributed by atoms with Crippen molar-refractivity contribution in [1.29, 1.82) is 0 Å². The van der Waals surface area contributed by atoms with Crippen LogP contribution in [0.2, 0.25) is 0 Å². The summed E-state index contributed by atoms with van der Waals surface area (Å²) in [5, 5.41) is 24.3. The third kappa shape index (κ3) is 5.06. The quantitative estimate of drug-likeness (QED) is 0.713. The zero-order valence-electron chi connectivity index (χ0n) is 15.6. The Labute approximate surface area is 148 Å². The molecule has 0 spiro atoms. The average molecular weight is 348 g/mol. The summed E-state index contributed by atoms with van der Waals surface area (Å²) < 4.78 is 3.50. The van der Waals surface area contributed by atoms with E-state index in [2.05, 4.69) is 34.7 Å². The highest BCUT2D eigenvalue weighted by molar-refractivity contribution is 5.89. The predicted molar refractivity (Wildman–Crippen MR) is 96.2 cm³/mol. The van der Waals surface area contributed by atoms with Gasteiger partial charge in [-0.25, -0.2) is 4.79 Å². The van der Waals surface area contributed by atoms with Gasteiger partial charge in [-0.05, 0) is 26.2 Å². The van der Waals surface area contributed by atoms with Gasteiger partial charge in [-0.3, -0.25) is 9.36 Å². The van der Waals surface area contributed by atoms with Crippen LogP contribution in [0.15, 0.2) is 18.6 Å². The average Bonchev–Trinajstić information content (AvgIpc) is 3.11. The number of urea groups is 1. The zero-order chi connectivity index (χ0) is 18.6. The topological polar surface area (TPSA) is 97.0 Å². The molecule has 8 heteroatoms. The summed E-state index contributed by atoms with van der Waals surface area (Å²) in [6.45, 7) is 8.79. The Bertz CT molecular complexity index is 717. The van der Waals surface area contributed by atoms with E-state index < -0.39 is 5.60 Å². The van der Waals surface area contributed by atoms with E-state index >= 15 is 0 Å². The predicted octanol–water partition coefficient (Wildman–Crippen LogP) is 2.00. The lowest BCUT2D eigenvalue weighted by Gasteiger charge is -2.22. The summed E-state index contributed by atoms with van der Waals surface area (Å²) in [5.41, 5.74) is 1.03. The minimum atomic E-state index is -1.19. The molecule has 138 valence electrons. The Kier molecular flexibility index (Phi) is 5.84. The molecule has 0 aliphatic rings. The van der Waals surface area contributed by atoms with Crippen LogP contribution in [0.25, 0.3) is 0 Å². The maximum atomic E-state index is 12.1. The van der Waals surface area contributed by atoms with Crippen LogP contribution >= 0.6 is 0 Å². The van der Waals surface area contributed by atoms with Crippen LogP contribution in [0.5, 0.6) is 0 Å². The van der Waals surface area contributed by atoms with Crippen LogP contribution in [-0.2, 0) is 19.2 Å². The zero-order valence-corrected chi connectivity index (χ0v) is 15.6. The number of carbonyl (C=O) groups is 1. The van der Waals surface area contributed by atoms with E-state index in [-0.39, 0.29) is 12.6 Å². The van der Waals surface area contributed by atoms with Crippen molar-refractivity contribution < 1.29 is 9.90 Å². The van der Waals surface area contributed by atoms with Crippen LogP contribution in [0.3, 0.4) is 0 Å². The molecule has 3 N–H and O–H groups in total. The highest BCUT2D eigenvalue weighted by Crippen LogP contribution is 2.19. The second kappa shape index (κ2) is 7.69. The largest absolute Gasteiger partial charge is 0.383 e. The lowest BCUT2D eigenvalue weighted by atomic mass is 10.00. The van der Waals surface area contributed by atoms with E-state index in [0.29, 0.717) is 17.2 Å². The SMILES string of the molecule is Cc1c(NC(=O)NCC(C)(O)c2cnn(C)c2)cnn1CCC(C)C. The summed E-state index contributed by atoms with van der Waals surface area (Å²) in [7, 11) is 1.78. The number of aryl methyl sites for hydroxylation is 2. The molecule has 0 saturated heterocycles. The summed E-state index contributed by atoms with van der Waals surface area (Å²) in [4.78, 5) is 12.1. The van der Waals surface area contributed by atoms with Gasteiger partial charge < -0.3 is 15.7 Å². The second-order valence-corrected chi connectivity index (χ2v) is 7.03. The first-order valence-corrected chi connectivity index (χ1v) is 8.48. The van der Waals surface area contributed by atoms with Crippen molar-refractivity contribution in [2.45, 2.75) is 46.3 Å². The first kappa shape index (κ1) is 19.0. The normalized spacial score (nSPS) is 13.7. The molecule has 8 nitrogen and oxygen atoms in total. The molecule has 0 saturated carbocycles. The third-order valence-electron chi connectivity index (χ3n) is 4.19. The lowest BCUT2D eigenvalue weighted by Crippen LogP contribution is -2.40. The van der Waals surface area contributed by atoms with Crippen LogP contribution < -0.4 is 10.6 Å². The van der Waals surface area contributed by atoms with E-state index in [4.69, 9.17) is 0 Å². The molecule has 0 fully saturated rings. The van der Waals surface area contributed by atoms with Gasteiger partial charge in [0.1, 0.15) is 5.60 Å². The number of aliphatic hydroxyl groups is 1. The van der Waals surface area contributed by atoms with Gasteiger partial charge in [0.2, 0.25) is 0 Å². The fourth-order valence-corrected chi connectivity index (χ4v) is 2.40. The number of nitrogens with one attached hydrogen (secondary N) is 2. The number of carbonyl (C=O) groups excluding carboxylic acids is 1. The van der Waals surface area contributed by atoms with E-state index in [9.17, 15) is 9.90 Å². The van der Waals surface area contributed by atoms with Gasteiger partial charge in [0, 0.05) is 25.4 Å². The molecule has 1 atom stereocenters. The summed E-state index contributed by atoms with van der Waals surface area (Å²) in [5.74, 6) is 0.595. The van der Waals surface area contributed by atoms with E-state index in [1.807, 2.05) is 11.6 Å². The van der Waals surface area contributed by atoms with Crippen molar-refractivity contribution in [1.82, 2.24) is 24.9 Å². The smallest absolute Gasteiger partial charge is 0.319 e. The molecule has 2 aromatic heterocycles. The van der Waals surface area contributed by atoms with E-state index in [0.717, 1.165) is 18.7 Å². The fourth-order valence-electron chi connectivity index (χ4n) is 2.40. The molecule has 0 bridgehead atoms. The first-order chi connectivity index (χ1) is 11.7. The van der Waals surface area contributed by atoms with Gasteiger partial charge in [-0.15, -0.1) is 0 Å². The number of aromatic nitrogens is 4. The van der Waals surface area contributed by atoms with E-state index in [1.54, 1.807) is 37.2 Å². The van der Waals surface area contributed by atoms with Crippen molar-refractivity contribution in [2.75, 3.05) is 11.9 Å². The van der Waals surface area contributed by atoms with E-state index in [1.165, 1.54) is 0 Å². The van der Waals surface area contributed by atoms with Crippen LogP contribution in [-0.4, -0.2) is 37.2 Å². The molecule has 0 aliphatic carbocycles. The number of amides is 2. The van der Waals surface area contributed by atoms with Gasteiger partial charge in [-0.2, -0.15) is 10.2 Å². The van der Waals surface area contributed by atoms with Crippen LogP contribution in [0, 0.1) is 12.8 Å². The van der Waals surface area contributed by atoms with Gasteiger partial charge in [-0.1, -0.05) is 13.8 Å². The standard InChI is InChI=1S/C17H28N6O2/c1-12(2)6-7-23-13(3)15(9-20-23)21-16(24)18-11-17(4,25)14-8-19-22(5)10-14/h8-10,12,25H,6-7,11H2,1-5H3,(H2,18,21,24). The van der Waals surface area contributed by atoms with Gasteiger partial charge >= 0.3 is 6.03 Å². The highest BCUT2D eigenvalue weighted by Gasteiger charge is 2.25. The maximum Gasteiger partial charge on any atom is 0.319 e. The fraction of sp³-hybridized carbons (Fsp3) is 0.588. The summed E-state index contributed by atoms with van der Waals surface area (Å²) in [6, 6.07) is -0.379. The number of rotatable bonds is 7. The minimum Gasteiger partial charge on any atom is -0.383 e. The number of hydrogen-bond acceptors (Lipinski definition) is 4. The lowest BCUT2D eigenvalue weighted by molar-refractivity contribution is 0.0599. The van der Waals surface area contributed by atoms with Crippen molar-refractivity contribution in [3.05, 3.63) is 29.8 Å². The van der Waals surface area contributed by atoms with Crippen LogP contribution in [0.1, 0.15) is 38.4 Å². The molecule has 2 heterocycles. The van der Waals surface area contributed by atoms with Crippen molar-refractivity contribution in [3.8, 4) is 0 Å². The molecular weight excluding hydrogens is 320 g/mol. The van der Waals surface area contributed by atoms with Crippen molar-refractivity contribution in [2.24, 2.45) is 13.0 Å². The molecule has 25 heavy (non-hydrogen) atoms. The van der Waals surface area contributed by atoms with Crippen LogP contribution in [0.4, 0.5) is 10.5 Å². The Morgan fingerprint density at radius 2 is 2.08 bits per heavy atom. The molecule has 0 aliphatic heterocycles. The Morgan fingerprint density at radius 1 is 1.36 bits per heavy atom. The molecule has 2 amide bonds. The highest BCUT2D eigenvalue weighted by atomic mass is 16.3. The Balaban J connectivity index is 1.90. The summed E-state index contributed by atoms with van der Waals surface area (Å²) in [6.07, 6.45) is 5.99. The Morgan fingerprint density at radius 3 is 2.68 bits per heavy atom. The van der Waals surface area contributed by atoms with Gasteiger partial charge in [0.15, 0.2) is 0 Å². The third-order valence-corrected chi connectivity index (χ3v) is 4.19. The molecule has 0 radical (unpaired) electrons. The molecule has 2 rings (SSSR count). The molecule has 2 aromatic rings. The second-order valence-electron chi connectivity index (χ2n) is 7.03. The van der Waals surface area contributed by atoms with Gasteiger partial charge in [0.25, 0.3) is 0 Å². The number of nitrogens with zero attached hydrogens (tertiary/aromatic N) is 4. The summed E-state index contributed by atoms with van der Waals surface area (Å²) >= 11 is 0. The molecular formula is C17H28N6O2. The maximum absolute atomic E-state index is 12.1. The van der Waals surface area contributed by atoms with Crippen molar-refractivity contribution in [3.63, 3.8) is 0 Å².